The molecule has 0 saturated heterocycles. The molecule has 3 heterocycles. The molecule has 0 amide bonds. The molecule has 11 aromatic rings. The van der Waals surface area contributed by atoms with Gasteiger partial charge in [-0.25, -0.2) is 0 Å². The molecule has 2 nitrogen and oxygen atoms in total. The minimum Gasteiger partial charge on any atom is -0.332 e. The Kier molecular flexibility index (Phi) is 8.06. The SMILES string of the molecule is CC1(C)c2ccccc2-c2cccc(-c3ccc(N(c4ccc(-c5ccccc5)cc4)c4ccc5c(c4)sc4cc(-c6cccc7c8cccc9c8n(c67)C6C=CC=CC96)ccc45)cc3)c21. The van der Waals surface area contributed by atoms with E-state index in [9.17, 15) is 0 Å². The maximum Gasteiger partial charge on any atom is 0.0630 e. The van der Waals surface area contributed by atoms with Gasteiger partial charge in [0.1, 0.15) is 0 Å². The van der Waals surface area contributed by atoms with E-state index in [2.05, 4.69) is 242 Å². The van der Waals surface area contributed by atoms with Crippen molar-refractivity contribution in [3.8, 4) is 44.5 Å². The zero-order valence-electron chi connectivity index (χ0n) is 36.7. The third-order valence-corrected chi connectivity index (χ3v) is 16.0. The first-order chi connectivity index (χ1) is 32.5. The Balaban J connectivity index is 0.876. The van der Waals surface area contributed by atoms with E-state index in [4.69, 9.17) is 0 Å². The molecule has 2 atom stereocenters. The van der Waals surface area contributed by atoms with Crippen LogP contribution in [0.5, 0.6) is 0 Å². The molecule has 1 aliphatic heterocycles. The number of thiophene rings is 1. The highest BCUT2D eigenvalue weighted by molar-refractivity contribution is 7.25. The Morgan fingerprint density at radius 2 is 1.03 bits per heavy atom. The molecule has 66 heavy (non-hydrogen) atoms. The molecule has 3 heteroatoms. The van der Waals surface area contributed by atoms with Gasteiger partial charge in [0.05, 0.1) is 17.1 Å². The largest absolute Gasteiger partial charge is 0.332 e. The van der Waals surface area contributed by atoms with E-state index in [0.29, 0.717) is 5.92 Å². The predicted molar refractivity (Wildman–Crippen MR) is 281 cm³/mol. The molecule has 0 saturated carbocycles. The van der Waals surface area contributed by atoms with Crippen LogP contribution >= 0.6 is 11.3 Å². The van der Waals surface area contributed by atoms with Gasteiger partial charge >= 0.3 is 0 Å². The number of anilines is 3. The fourth-order valence-electron chi connectivity index (χ4n) is 11.9. The van der Waals surface area contributed by atoms with E-state index < -0.39 is 0 Å². The maximum atomic E-state index is 2.63. The third kappa shape index (κ3) is 5.41. The van der Waals surface area contributed by atoms with Crippen LogP contribution in [0.15, 0.2) is 218 Å². The molecule has 0 fully saturated rings. The monoisotopic (exact) mass is 860 g/mol. The van der Waals surface area contributed by atoms with E-state index >= 15 is 0 Å². The van der Waals surface area contributed by atoms with Crippen molar-refractivity contribution in [1.82, 2.24) is 4.57 Å². The van der Waals surface area contributed by atoms with Gasteiger partial charge in [-0.15, -0.1) is 11.3 Å². The van der Waals surface area contributed by atoms with Crippen LogP contribution in [0.25, 0.3) is 86.5 Å². The Labute approximate surface area is 388 Å². The summed E-state index contributed by atoms with van der Waals surface area (Å²) in [5.74, 6) is 0.375. The number of allylic oxidation sites excluding steroid dienone is 4. The van der Waals surface area contributed by atoms with Gasteiger partial charge in [0.15, 0.2) is 0 Å². The lowest BCUT2D eigenvalue weighted by Gasteiger charge is -2.27. The summed E-state index contributed by atoms with van der Waals surface area (Å²) in [4.78, 5) is 2.42. The summed E-state index contributed by atoms with van der Waals surface area (Å²) in [5.41, 5.74) is 20.4. The average Bonchev–Trinajstić information content (AvgIpc) is 4.09. The van der Waals surface area contributed by atoms with Crippen molar-refractivity contribution in [3.63, 3.8) is 0 Å². The molecule has 14 rings (SSSR count). The lowest BCUT2D eigenvalue weighted by atomic mass is 9.79. The van der Waals surface area contributed by atoms with Crippen molar-refractivity contribution in [3.05, 3.63) is 235 Å². The number of fused-ring (bicyclic) bond motifs is 12. The van der Waals surface area contributed by atoms with Crippen LogP contribution in [-0.4, -0.2) is 4.57 Å². The van der Waals surface area contributed by atoms with Crippen LogP contribution in [0.1, 0.15) is 42.5 Å². The zero-order chi connectivity index (χ0) is 43.7. The second-order valence-corrected chi connectivity index (χ2v) is 19.9. The Morgan fingerprint density at radius 3 is 1.85 bits per heavy atom. The molecule has 0 spiro atoms. The quantitative estimate of drug-likeness (QED) is 0.162. The molecule has 0 radical (unpaired) electrons. The van der Waals surface area contributed by atoms with Gasteiger partial charge in [0.25, 0.3) is 0 Å². The van der Waals surface area contributed by atoms with Crippen molar-refractivity contribution < 1.29 is 0 Å². The summed E-state index contributed by atoms with van der Waals surface area (Å²) in [5, 5.41) is 5.27. The summed E-state index contributed by atoms with van der Waals surface area (Å²) in [6.45, 7) is 4.74. The normalized spacial score (nSPS) is 16.3. The van der Waals surface area contributed by atoms with Crippen LogP contribution in [0.4, 0.5) is 17.1 Å². The summed E-state index contributed by atoms with van der Waals surface area (Å²) < 4.78 is 5.21. The minimum atomic E-state index is -0.0902. The Bertz CT molecular complexity index is 3840. The first-order valence-corrected chi connectivity index (χ1v) is 24.0. The van der Waals surface area contributed by atoms with Gasteiger partial charge in [-0.1, -0.05) is 190 Å². The second kappa shape index (κ2) is 14.1. The van der Waals surface area contributed by atoms with E-state index in [1.807, 2.05) is 11.3 Å². The van der Waals surface area contributed by atoms with E-state index in [-0.39, 0.29) is 11.5 Å². The minimum absolute atomic E-state index is 0.0902. The molecule has 2 aromatic heterocycles. The van der Waals surface area contributed by atoms with E-state index in [1.54, 1.807) is 0 Å². The van der Waals surface area contributed by atoms with Crippen molar-refractivity contribution in [2.75, 3.05) is 4.90 Å². The number of benzene rings is 9. The smallest absolute Gasteiger partial charge is 0.0630 e. The zero-order valence-corrected chi connectivity index (χ0v) is 37.6. The number of hydrogen-bond donors (Lipinski definition) is 0. The number of rotatable bonds is 6. The highest BCUT2D eigenvalue weighted by Crippen LogP contribution is 2.54. The van der Waals surface area contributed by atoms with Crippen LogP contribution in [0.3, 0.4) is 0 Å². The number of aromatic nitrogens is 1. The first-order valence-electron chi connectivity index (χ1n) is 23.2. The van der Waals surface area contributed by atoms with Gasteiger partial charge in [0.2, 0.25) is 0 Å². The topological polar surface area (TPSA) is 8.17 Å². The van der Waals surface area contributed by atoms with Gasteiger partial charge < -0.3 is 9.47 Å². The summed E-state index contributed by atoms with van der Waals surface area (Å²) in [6.07, 6.45) is 9.19. The standard InChI is InChI=1S/C63H44N2S/c1-63(2)56-23-8-6-15-48(56)52-19-10-17-46(60(52)63)41-27-32-44(33-28-41)64(43-30-25-40(26-31-43)39-13-4-3-5-14-39)45-34-36-51-50-35-29-42(37-58(50)66-59(51)38-45)47-18-11-21-54-55-22-12-20-53-49-16-7-9-24-57(49)65(61(47)54)62(53)55/h3-38,49,57H,1-2H3. The molecule has 3 aliphatic rings. The highest BCUT2D eigenvalue weighted by Gasteiger charge is 2.38. The van der Waals surface area contributed by atoms with E-state index in [0.717, 1.165) is 17.1 Å². The molecular weight excluding hydrogens is 817 g/mol. The summed E-state index contributed by atoms with van der Waals surface area (Å²) in [6, 6.07) is 72.9. The number of para-hydroxylation sites is 2. The fourth-order valence-corrected chi connectivity index (χ4v) is 13.1. The molecular formula is C63H44N2S. The van der Waals surface area contributed by atoms with Gasteiger partial charge in [-0.05, 0) is 98.1 Å². The van der Waals surface area contributed by atoms with Crippen molar-refractivity contribution in [1.29, 1.82) is 0 Å². The molecule has 0 N–H and O–H groups in total. The van der Waals surface area contributed by atoms with Crippen LogP contribution in [0, 0.1) is 0 Å². The van der Waals surface area contributed by atoms with Gasteiger partial charge in [-0.3, -0.25) is 0 Å². The Hall–Kier alpha value is -7.72. The molecule has 312 valence electrons. The summed E-state index contributed by atoms with van der Waals surface area (Å²) in [7, 11) is 0. The predicted octanol–water partition coefficient (Wildman–Crippen LogP) is 17.7. The van der Waals surface area contributed by atoms with E-state index in [1.165, 1.54) is 103 Å². The summed E-state index contributed by atoms with van der Waals surface area (Å²) >= 11 is 1.89. The molecule has 2 aliphatic carbocycles. The van der Waals surface area contributed by atoms with Crippen molar-refractivity contribution in [2.24, 2.45) is 0 Å². The molecule has 0 bridgehead atoms. The number of nitrogens with zero attached hydrogens (tertiary/aromatic N) is 2. The molecule has 9 aromatic carbocycles. The van der Waals surface area contributed by atoms with Crippen molar-refractivity contribution in [2.45, 2.75) is 31.2 Å². The van der Waals surface area contributed by atoms with Crippen LogP contribution in [-0.2, 0) is 5.41 Å². The number of hydrogen-bond acceptors (Lipinski definition) is 2. The van der Waals surface area contributed by atoms with Crippen LogP contribution in [0.2, 0.25) is 0 Å². The third-order valence-electron chi connectivity index (χ3n) is 14.9. The average molecular weight is 861 g/mol. The molecule has 2 unspecified atom stereocenters. The van der Waals surface area contributed by atoms with Crippen LogP contribution < -0.4 is 4.90 Å². The second-order valence-electron chi connectivity index (χ2n) is 18.8. The first kappa shape index (κ1) is 37.6. The lowest BCUT2D eigenvalue weighted by Crippen LogP contribution is -2.16. The van der Waals surface area contributed by atoms with Gasteiger partial charge in [0, 0.05) is 64.9 Å². The Morgan fingerprint density at radius 1 is 0.439 bits per heavy atom. The fraction of sp³-hybridized carbons (Fsp3) is 0.0794. The van der Waals surface area contributed by atoms with Gasteiger partial charge in [-0.2, -0.15) is 0 Å². The van der Waals surface area contributed by atoms with Crippen molar-refractivity contribution >= 4 is 70.4 Å². The maximum absolute atomic E-state index is 2.63. The lowest BCUT2D eigenvalue weighted by molar-refractivity contribution is 0.615. The highest BCUT2D eigenvalue weighted by atomic mass is 32.1.